The van der Waals surface area contributed by atoms with E-state index in [1.54, 1.807) is 6.07 Å². The first-order valence-electron chi connectivity index (χ1n) is 12.3. The maximum Gasteiger partial charge on any atom is 0.331 e. The normalized spacial score (nSPS) is 11.7. The van der Waals surface area contributed by atoms with Crippen LogP contribution in [0, 0.1) is 6.92 Å². The molecule has 4 aromatic rings. The predicted molar refractivity (Wildman–Crippen MR) is 143 cm³/mol. The molecule has 0 fully saturated rings. The van der Waals surface area contributed by atoms with E-state index >= 15 is 0 Å². The molecule has 0 aliphatic carbocycles. The van der Waals surface area contributed by atoms with Crippen molar-refractivity contribution in [2.24, 2.45) is 5.16 Å². The Morgan fingerprint density at radius 2 is 1.53 bits per heavy atom. The van der Waals surface area contributed by atoms with Crippen molar-refractivity contribution in [1.82, 2.24) is 4.57 Å². The number of carbonyl (C=O) groups excluding carboxylic acids is 3. The molecular formula is C30H30N2O4. The summed E-state index contributed by atoms with van der Waals surface area (Å²) in [6, 6.07) is 18.9. The number of hydrogen-bond donors (Lipinski definition) is 0. The smallest absolute Gasteiger partial charge is 0.331 e. The van der Waals surface area contributed by atoms with Gasteiger partial charge in [-0.1, -0.05) is 42.8 Å². The third-order valence-corrected chi connectivity index (χ3v) is 6.41. The molecule has 4 rings (SSSR count). The fourth-order valence-corrected chi connectivity index (χ4v) is 4.54. The fourth-order valence-electron chi connectivity index (χ4n) is 4.54. The molecule has 36 heavy (non-hydrogen) atoms. The van der Waals surface area contributed by atoms with Crippen molar-refractivity contribution in [1.29, 1.82) is 0 Å². The number of ketones is 2. The second-order valence-corrected chi connectivity index (χ2v) is 8.91. The number of benzene rings is 3. The number of oxime groups is 1. The summed E-state index contributed by atoms with van der Waals surface area (Å²) < 4.78 is 2.17. The van der Waals surface area contributed by atoms with Gasteiger partial charge < -0.3 is 9.40 Å². The molecule has 0 saturated carbocycles. The van der Waals surface area contributed by atoms with Crippen molar-refractivity contribution in [2.75, 3.05) is 0 Å². The van der Waals surface area contributed by atoms with Gasteiger partial charge in [-0.25, -0.2) is 4.79 Å². The number of rotatable bonds is 9. The van der Waals surface area contributed by atoms with E-state index in [1.807, 2.05) is 68.4 Å². The summed E-state index contributed by atoms with van der Waals surface area (Å²) in [5.41, 5.74) is 4.88. The van der Waals surface area contributed by atoms with Crippen molar-refractivity contribution in [3.63, 3.8) is 0 Å². The van der Waals surface area contributed by atoms with E-state index in [0.29, 0.717) is 23.1 Å². The molecule has 0 spiro atoms. The molecular weight excluding hydrogens is 452 g/mol. The summed E-state index contributed by atoms with van der Waals surface area (Å²) in [5, 5.41) is 5.65. The quantitative estimate of drug-likeness (QED) is 0.116. The lowest BCUT2D eigenvalue weighted by atomic mass is 9.97. The number of unbranched alkanes of at least 4 members (excludes halogenated alkanes) is 1. The van der Waals surface area contributed by atoms with E-state index in [1.165, 1.54) is 6.92 Å². The van der Waals surface area contributed by atoms with E-state index in [2.05, 4.69) is 16.6 Å². The monoisotopic (exact) mass is 482 g/mol. The molecule has 1 aromatic heterocycles. The van der Waals surface area contributed by atoms with E-state index in [9.17, 15) is 14.4 Å². The average Bonchev–Trinajstić information content (AvgIpc) is 3.20. The Hall–Kier alpha value is -4.06. The standard InChI is InChI=1S/C30H30N2O4/c1-5-7-12-26(31-36-20(4)33)30(35)22-14-16-28-25(18-22)24-17-21(13-15-27(24)32(28)6-2)29(34)23-11-9-8-10-19(23)3/h8-11,13-18H,5-7,12H2,1-4H3/b31-26+. The van der Waals surface area contributed by atoms with Crippen molar-refractivity contribution < 1.29 is 19.2 Å². The lowest BCUT2D eigenvalue weighted by Crippen LogP contribution is -2.15. The van der Waals surface area contributed by atoms with Gasteiger partial charge in [0.05, 0.1) is 0 Å². The zero-order chi connectivity index (χ0) is 25.8. The summed E-state index contributed by atoms with van der Waals surface area (Å²) >= 11 is 0. The molecule has 3 aromatic carbocycles. The molecule has 184 valence electrons. The van der Waals surface area contributed by atoms with Crippen LogP contribution in [0.15, 0.2) is 65.8 Å². The minimum Gasteiger partial charge on any atom is -0.341 e. The Balaban J connectivity index is 1.83. The zero-order valence-electron chi connectivity index (χ0n) is 21.1. The molecule has 0 unspecified atom stereocenters. The van der Waals surface area contributed by atoms with Crippen LogP contribution in [0.3, 0.4) is 0 Å². The number of hydrogen-bond acceptors (Lipinski definition) is 5. The van der Waals surface area contributed by atoms with Gasteiger partial charge in [0.25, 0.3) is 0 Å². The van der Waals surface area contributed by atoms with Crippen LogP contribution >= 0.6 is 0 Å². The molecule has 0 amide bonds. The second kappa shape index (κ2) is 10.7. The van der Waals surface area contributed by atoms with Crippen LogP contribution in [0.25, 0.3) is 21.8 Å². The number of aromatic nitrogens is 1. The summed E-state index contributed by atoms with van der Waals surface area (Å²) in [7, 11) is 0. The summed E-state index contributed by atoms with van der Waals surface area (Å²) in [4.78, 5) is 42.7. The van der Waals surface area contributed by atoms with Crippen LogP contribution in [-0.2, 0) is 16.2 Å². The molecule has 0 saturated heterocycles. The number of aryl methyl sites for hydroxylation is 2. The van der Waals surface area contributed by atoms with E-state index in [4.69, 9.17) is 4.84 Å². The van der Waals surface area contributed by atoms with E-state index in [0.717, 1.165) is 46.8 Å². The van der Waals surface area contributed by atoms with Gasteiger partial charge >= 0.3 is 5.97 Å². The summed E-state index contributed by atoms with van der Waals surface area (Å²) in [6.45, 7) is 8.02. The first-order chi connectivity index (χ1) is 17.3. The van der Waals surface area contributed by atoms with E-state index in [-0.39, 0.29) is 17.3 Å². The molecule has 0 aliphatic heterocycles. The highest BCUT2D eigenvalue weighted by molar-refractivity contribution is 6.46. The average molecular weight is 483 g/mol. The Morgan fingerprint density at radius 1 is 0.889 bits per heavy atom. The molecule has 0 radical (unpaired) electrons. The third-order valence-electron chi connectivity index (χ3n) is 6.41. The number of Topliss-reactive ketones (excluding diaryl/α,β-unsaturated/α-hetero) is 1. The first kappa shape index (κ1) is 25.0. The zero-order valence-corrected chi connectivity index (χ0v) is 21.1. The molecule has 0 bridgehead atoms. The van der Waals surface area contributed by atoms with Gasteiger partial charge in [-0.3, -0.25) is 9.59 Å². The highest BCUT2D eigenvalue weighted by Crippen LogP contribution is 2.32. The van der Waals surface area contributed by atoms with Gasteiger partial charge in [-0.2, -0.15) is 0 Å². The van der Waals surface area contributed by atoms with Crippen molar-refractivity contribution >= 4 is 45.1 Å². The van der Waals surface area contributed by atoms with Gasteiger partial charge in [0.15, 0.2) is 5.78 Å². The largest absolute Gasteiger partial charge is 0.341 e. The maximum atomic E-state index is 13.3. The van der Waals surface area contributed by atoms with Crippen LogP contribution in [0.5, 0.6) is 0 Å². The van der Waals surface area contributed by atoms with Gasteiger partial charge in [0, 0.05) is 52.0 Å². The molecule has 6 heteroatoms. The maximum absolute atomic E-state index is 13.3. The number of carbonyl (C=O) groups is 3. The molecule has 0 atom stereocenters. The highest BCUT2D eigenvalue weighted by Gasteiger charge is 2.19. The van der Waals surface area contributed by atoms with Crippen LogP contribution in [-0.4, -0.2) is 27.8 Å². The number of nitrogens with zero attached hydrogens (tertiary/aromatic N) is 2. The van der Waals surface area contributed by atoms with Crippen LogP contribution in [0.1, 0.15) is 71.9 Å². The van der Waals surface area contributed by atoms with Crippen LogP contribution in [0.4, 0.5) is 0 Å². The van der Waals surface area contributed by atoms with Gasteiger partial charge in [-0.05, 0) is 68.7 Å². The Morgan fingerprint density at radius 3 is 2.14 bits per heavy atom. The van der Waals surface area contributed by atoms with Crippen LogP contribution < -0.4 is 0 Å². The molecule has 6 nitrogen and oxygen atoms in total. The topological polar surface area (TPSA) is 77.7 Å². The van der Waals surface area contributed by atoms with Gasteiger partial charge in [0.1, 0.15) is 5.71 Å². The third kappa shape index (κ3) is 4.85. The first-order valence-corrected chi connectivity index (χ1v) is 12.3. The predicted octanol–water partition coefficient (Wildman–Crippen LogP) is 6.65. The second-order valence-electron chi connectivity index (χ2n) is 8.91. The highest BCUT2D eigenvalue weighted by atomic mass is 16.7. The Kier molecular flexibility index (Phi) is 7.44. The SMILES string of the molecule is CCCC/C(=N\OC(C)=O)C(=O)c1ccc2c(c1)c1cc(C(=O)c3ccccc3C)ccc1n2CC. The Bertz CT molecular complexity index is 1510. The lowest BCUT2D eigenvalue weighted by molar-refractivity contribution is -0.140. The molecule has 1 heterocycles. The minimum atomic E-state index is -0.566. The fraction of sp³-hybridized carbons (Fsp3) is 0.267. The van der Waals surface area contributed by atoms with E-state index < -0.39 is 5.97 Å². The molecule has 0 N–H and O–H groups in total. The van der Waals surface area contributed by atoms with Crippen LogP contribution in [0.2, 0.25) is 0 Å². The van der Waals surface area contributed by atoms with Crippen molar-refractivity contribution in [3.8, 4) is 0 Å². The molecule has 0 aliphatic rings. The van der Waals surface area contributed by atoms with Gasteiger partial charge in [0.2, 0.25) is 5.78 Å². The summed E-state index contributed by atoms with van der Waals surface area (Å²) in [6.07, 6.45) is 2.06. The van der Waals surface area contributed by atoms with Gasteiger partial charge in [-0.15, -0.1) is 0 Å². The summed E-state index contributed by atoms with van der Waals surface area (Å²) in [5.74, 6) is -0.866. The lowest BCUT2D eigenvalue weighted by Gasteiger charge is -2.06. The minimum absolute atomic E-state index is 0.0324. The van der Waals surface area contributed by atoms with Crippen molar-refractivity contribution in [3.05, 3.63) is 82.9 Å². The van der Waals surface area contributed by atoms with Crippen molar-refractivity contribution in [2.45, 2.75) is 53.5 Å². The Labute approximate surface area is 210 Å². The number of fused-ring (bicyclic) bond motifs is 3.